The fourth-order valence-electron chi connectivity index (χ4n) is 8.04. The first-order valence-electron chi connectivity index (χ1n) is 28.2. The van der Waals surface area contributed by atoms with Gasteiger partial charge in [0, 0.05) is 6.42 Å². The largest absolute Gasteiger partial charge is 0.454 e. The molecule has 0 aromatic rings. The highest BCUT2D eigenvalue weighted by Crippen LogP contribution is 2.26. The van der Waals surface area contributed by atoms with Crippen molar-refractivity contribution in [3.8, 4) is 0 Å². The first-order valence-corrected chi connectivity index (χ1v) is 28.2. The van der Waals surface area contributed by atoms with Crippen LogP contribution in [0.25, 0.3) is 0 Å². The molecule has 11 nitrogen and oxygen atoms in total. The Kier molecular flexibility index (Phi) is 44.5. The molecule has 0 bridgehead atoms. The highest BCUT2D eigenvalue weighted by Gasteiger charge is 2.47. The number of nitrogens with one attached hydrogen (secondary N) is 1. The van der Waals surface area contributed by atoms with Crippen molar-refractivity contribution in [2.45, 2.75) is 250 Å². The van der Waals surface area contributed by atoms with Gasteiger partial charge in [0.15, 0.2) is 12.4 Å². The normalized spacial score (nSPS) is 20.4. The summed E-state index contributed by atoms with van der Waals surface area (Å²) in [4.78, 5) is 26.4. The highest BCUT2D eigenvalue weighted by molar-refractivity contribution is 5.80. The molecule has 410 valence electrons. The molecule has 0 saturated carbocycles. The average molecular weight is 1010 g/mol. The number of carbonyl (C=O) groups is 2. The van der Waals surface area contributed by atoms with Gasteiger partial charge in [0.1, 0.15) is 24.4 Å². The second kappa shape index (κ2) is 48.3. The van der Waals surface area contributed by atoms with Crippen molar-refractivity contribution in [3.63, 3.8) is 0 Å². The van der Waals surface area contributed by atoms with Crippen LogP contribution in [0.15, 0.2) is 109 Å². The van der Waals surface area contributed by atoms with E-state index in [1.807, 2.05) is 60.8 Å². The second-order valence-electron chi connectivity index (χ2n) is 19.1. The summed E-state index contributed by atoms with van der Waals surface area (Å²) >= 11 is 0. The van der Waals surface area contributed by atoms with Crippen molar-refractivity contribution in [2.24, 2.45) is 0 Å². The van der Waals surface area contributed by atoms with Crippen molar-refractivity contribution < 1.29 is 49.3 Å². The topological polar surface area (TPSA) is 175 Å². The Morgan fingerprint density at radius 3 is 1.64 bits per heavy atom. The van der Waals surface area contributed by atoms with Gasteiger partial charge in [0.05, 0.1) is 25.4 Å². The number of esters is 1. The van der Waals surface area contributed by atoms with Crippen LogP contribution >= 0.6 is 0 Å². The van der Waals surface area contributed by atoms with E-state index >= 15 is 0 Å². The number of aliphatic hydroxyl groups excluding tert-OH is 5. The van der Waals surface area contributed by atoms with E-state index in [0.29, 0.717) is 19.3 Å². The maximum absolute atomic E-state index is 13.4. The lowest BCUT2D eigenvalue weighted by Gasteiger charge is -2.41. The Hall–Kier alpha value is -3.68. The fourth-order valence-corrected chi connectivity index (χ4v) is 8.04. The molecule has 72 heavy (non-hydrogen) atoms. The molecular weight excluding hydrogens is 907 g/mol. The van der Waals surface area contributed by atoms with Crippen LogP contribution in [0, 0.1) is 0 Å². The van der Waals surface area contributed by atoms with Crippen LogP contribution in [-0.4, -0.2) is 99.6 Å². The summed E-state index contributed by atoms with van der Waals surface area (Å²) in [6.45, 7) is 5.53. The lowest BCUT2D eigenvalue weighted by Crippen LogP contribution is -2.61. The van der Waals surface area contributed by atoms with Gasteiger partial charge in [-0.1, -0.05) is 226 Å². The number of unbranched alkanes of at least 4 members (excludes halogenated alkanes) is 19. The maximum Gasteiger partial charge on any atom is 0.306 e. The van der Waals surface area contributed by atoms with Crippen molar-refractivity contribution in [2.75, 3.05) is 13.2 Å². The van der Waals surface area contributed by atoms with Crippen molar-refractivity contribution in [3.05, 3.63) is 109 Å². The Bertz CT molecular complexity index is 1580. The Morgan fingerprint density at radius 1 is 0.569 bits per heavy atom. The van der Waals surface area contributed by atoms with Gasteiger partial charge >= 0.3 is 5.97 Å². The number of amides is 1. The van der Waals surface area contributed by atoms with Crippen LogP contribution in [0.1, 0.15) is 201 Å². The monoisotopic (exact) mass is 1010 g/mol. The predicted octanol–water partition coefficient (Wildman–Crippen LogP) is 12.5. The quantitative estimate of drug-likeness (QED) is 0.0149. The minimum atomic E-state index is -1.65. The number of allylic oxidation sites excluding steroid dienone is 17. The summed E-state index contributed by atoms with van der Waals surface area (Å²) < 4.78 is 17.5. The Labute approximate surface area is 437 Å². The smallest absolute Gasteiger partial charge is 0.306 e. The molecule has 0 aromatic heterocycles. The zero-order chi connectivity index (χ0) is 52.5. The standard InChI is InChI=1S/C61H101NO10/c1-4-7-10-13-16-19-22-25-26-27-28-29-31-33-36-39-42-45-48-54(65)60(69)62-52(53(64)47-44-41-38-35-32-24-21-18-15-12-9-6-3)51-70-61-59(58(68)57(67)55(50-63)71-61)72-56(66)49-46-43-40-37-34-30-23-20-17-14-11-8-5-2/h8,11,14,16-17,19-20,23,25-26,28-30,34,37,40,44,47,52-55,57-59,61,63-65,67-68H,4-7,9-10,12-13,15,18,21-22,24,27,31-33,35-36,38-39,41-43,45-46,48-51H2,1-3H3,(H,62,69)/b11-8+,17-14+,19-16-,23-20-,26-25-,29-28-,34-30-,40-37+,47-44+. The van der Waals surface area contributed by atoms with E-state index in [1.165, 1.54) is 70.6 Å². The lowest BCUT2D eigenvalue weighted by molar-refractivity contribution is -0.305. The number of hydrogen-bond acceptors (Lipinski definition) is 10. The van der Waals surface area contributed by atoms with E-state index in [-0.39, 0.29) is 19.4 Å². The van der Waals surface area contributed by atoms with E-state index < -0.39 is 67.4 Å². The predicted molar refractivity (Wildman–Crippen MR) is 296 cm³/mol. The molecule has 8 atom stereocenters. The van der Waals surface area contributed by atoms with E-state index in [4.69, 9.17) is 14.2 Å². The molecule has 1 fully saturated rings. The average Bonchev–Trinajstić information content (AvgIpc) is 3.38. The molecule has 1 aliphatic rings. The van der Waals surface area contributed by atoms with Crippen LogP contribution in [0.4, 0.5) is 0 Å². The van der Waals surface area contributed by atoms with Gasteiger partial charge in [-0.05, 0) is 77.0 Å². The molecule has 1 rings (SSSR count). The number of rotatable bonds is 45. The number of aliphatic hydroxyl groups is 5. The van der Waals surface area contributed by atoms with E-state index in [1.54, 1.807) is 6.08 Å². The minimum Gasteiger partial charge on any atom is -0.454 e. The number of carbonyl (C=O) groups excluding carboxylic acids is 2. The third kappa shape index (κ3) is 36.3. The highest BCUT2D eigenvalue weighted by atomic mass is 16.7. The molecule has 11 heteroatoms. The molecule has 0 aromatic carbocycles. The van der Waals surface area contributed by atoms with E-state index in [9.17, 15) is 35.1 Å². The van der Waals surface area contributed by atoms with Gasteiger partial charge in [-0.3, -0.25) is 9.59 Å². The molecule has 8 unspecified atom stereocenters. The first-order chi connectivity index (χ1) is 35.2. The molecule has 6 N–H and O–H groups in total. The fraction of sp³-hybridized carbons (Fsp3) is 0.672. The van der Waals surface area contributed by atoms with Crippen LogP contribution < -0.4 is 5.32 Å². The van der Waals surface area contributed by atoms with Crippen LogP contribution in [-0.2, 0) is 23.8 Å². The van der Waals surface area contributed by atoms with Crippen molar-refractivity contribution in [1.82, 2.24) is 5.32 Å². The molecule has 1 saturated heterocycles. The third-order valence-electron chi connectivity index (χ3n) is 12.5. The molecule has 1 amide bonds. The van der Waals surface area contributed by atoms with Gasteiger partial charge in [0.2, 0.25) is 5.91 Å². The van der Waals surface area contributed by atoms with E-state index in [2.05, 4.69) is 68.6 Å². The van der Waals surface area contributed by atoms with Crippen molar-refractivity contribution >= 4 is 11.9 Å². The molecule has 0 radical (unpaired) electrons. The third-order valence-corrected chi connectivity index (χ3v) is 12.5. The summed E-state index contributed by atoms with van der Waals surface area (Å²) in [6.07, 6.45) is 54.3. The van der Waals surface area contributed by atoms with Gasteiger partial charge in [0.25, 0.3) is 0 Å². The zero-order valence-corrected chi connectivity index (χ0v) is 45.0. The van der Waals surface area contributed by atoms with Gasteiger partial charge in [-0.2, -0.15) is 0 Å². The summed E-state index contributed by atoms with van der Waals surface area (Å²) in [6, 6.07) is -1.05. The van der Waals surface area contributed by atoms with Crippen LogP contribution in [0.3, 0.4) is 0 Å². The van der Waals surface area contributed by atoms with Gasteiger partial charge < -0.3 is 45.1 Å². The second-order valence-corrected chi connectivity index (χ2v) is 19.1. The first kappa shape index (κ1) is 66.3. The molecule has 0 aliphatic carbocycles. The summed E-state index contributed by atoms with van der Waals surface area (Å²) in [5.74, 6) is -1.30. The van der Waals surface area contributed by atoms with Crippen molar-refractivity contribution in [1.29, 1.82) is 0 Å². The summed E-state index contributed by atoms with van der Waals surface area (Å²) in [5.41, 5.74) is 0. The van der Waals surface area contributed by atoms with Gasteiger partial charge in [-0.15, -0.1) is 0 Å². The number of ether oxygens (including phenoxy) is 3. The van der Waals surface area contributed by atoms with Crippen LogP contribution in [0.5, 0.6) is 0 Å². The zero-order valence-electron chi connectivity index (χ0n) is 45.0. The molecular formula is C61H101NO10. The molecule has 0 spiro atoms. The molecule has 1 aliphatic heterocycles. The Morgan fingerprint density at radius 2 is 1.06 bits per heavy atom. The Balaban J connectivity index is 2.79. The summed E-state index contributed by atoms with van der Waals surface area (Å²) in [7, 11) is 0. The summed E-state index contributed by atoms with van der Waals surface area (Å²) in [5, 5.41) is 56.7. The number of hydrogen-bond donors (Lipinski definition) is 6. The lowest BCUT2D eigenvalue weighted by atomic mass is 9.99. The molecule has 1 heterocycles. The SMILES string of the molecule is CC/C=C/C=C/C=C\C=C/C=C/CCCC(=O)OC1C(OCC(NC(=O)C(O)CCCCCCC/C=C\C/C=C\C/C=C\CCCCC)C(O)/C=C/CCCCCCCCCCCC)OC(CO)C(O)C1O. The van der Waals surface area contributed by atoms with Crippen LogP contribution in [0.2, 0.25) is 0 Å². The maximum atomic E-state index is 13.4. The van der Waals surface area contributed by atoms with E-state index in [0.717, 1.165) is 77.0 Å². The minimum absolute atomic E-state index is 0.0197. The van der Waals surface area contributed by atoms with Gasteiger partial charge in [-0.25, -0.2) is 0 Å².